The topological polar surface area (TPSA) is 21.3 Å². The third kappa shape index (κ3) is 1.59. The summed E-state index contributed by atoms with van der Waals surface area (Å²) in [6.45, 7) is 2.74. The number of benzene rings is 1. The number of rotatable bonds is 1. The maximum Gasteiger partial charge on any atom is 0.142 e. The van der Waals surface area contributed by atoms with E-state index in [9.17, 15) is 4.39 Å². The van der Waals surface area contributed by atoms with E-state index in [1.807, 2.05) is 0 Å². The maximum atomic E-state index is 12.8. The smallest absolute Gasteiger partial charge is 0.142 e. The van der Waals surface area contributed by atoms with E-state index in [-0.39, 0.29) is 5.82 Å². The van der Waals surface area contributed by atoms with Crippen molar-refractivity contribution in [3.63, 3.8) is 0 Å². The molecule has 0 bridgehead atoms. The monoisotopic (exact) mass is 181 g/mol. The van der Waals surface area contributed by atoms with Crippen LogP contribution in [0.1, 0.15) is 13.3 Å². The van der Waals surface area contributed by atoms with Crippen LogP contribution in [0.4, 0.5) is 10.1 Å². The van der Waals surface area contributed by atoms with Crippen molar-refractivity contribution in [1.29, 1.82) is 0 Å². The summed E-state index contributed by atoms with van der Waals surface area (Å²) in [6.07, 6.45) is 0.982. The Hall–Kier alpha value is -1.25. The lowest BCUT2D eigenvalue weighted by Crippen LogP contribution is -2.30. The number of hydrogen-bond acceptors (Lipinski definition) is 2. The van der Waals surface area contributed by atoms with Crippen LogP contribution in [0.2, 0.25) is 0 Å². The molecule has 0 amide bonds. The fraction of sp³-hybridized carbons (Fsp3) is 0.400. The summed E-state index contributed by atoms with van der Waals surface area (Å²) in [6, 6.07) is 4.84. The Labute approximate surface area is 76.7 Å². The first-order chi connectivity index (χ1) is 6.29. The van der Waals surface area contributed by atoms with Gasteiger partial charge in [0, 0.05) is 6.07 Å². The molecule has 1 aliphatic heterocycles. The molecule has 1 heterocycles. The van der Waals surface area contributed by atoms with E-state index < -0.39 is 0 Å². The van der Waals surface area contributed by atoms with Crippen molar-refractivity contribution in [3.05, 3.63) is 24.0 Å². The van der Waals surface area contributed by atoms with E-state index in [1.54, 1.807) is 6.07 Å². The highest BCUT2D eigenvalue weighted by Gasteiger charge is 2.17. The fourth-order valence-corrected chi connectivity index (χ4v) is 1.41. The average Bonchev–Trinajstić information content (AvgIpc) is 2.16. The zero-order valence-electron chi connectivity index (χ0n) is 7.51. The lowest BCUT2D eigenvalue weighted by molar-refractivity contribution is 0.281. The molecule has 0 fully saturated rings. The highest BCUT2D eigenvalue weighted by molar-refractivity contribution is 5.58. The molecule has 1 aliphatic rings. The van der Waals surface area contributed by atoms with Crippen molar-refractivity contribution >= 4 is 5.69 Å². The van der Waals surface area contributed by atoms with Gasteiger partial charge in [-0.1, -0.05) is 6.92 Å². The molecular formula is C10H12FNO. The van der Waals surface area contributed by atoms with E-state index in [0.29, 0.717) is 12.6 Å². The first kappa shape index (κ1) is 8.35. The van der Waals surface area contributed by atoms with Gasteiger partial charge in [0.25, 0.3) is 0 Å². The summed E-state index contributed by atoms with van der Waals surface area (Å²) in [5.41, 5.74) is 0.762. The van der Waals surface area contributed by atoms with Crippen molar-refractivity contribution in [1.82, 2.24) is 0 Å². The van der Waals surface area contributed by atoms with Crippen molar-refractivity contribution in [2.75, 3.05) is 11.9 Å². The predicted molar refractivity (Wildman–Crippen MR) is 49.6 cm³/mol. The molecule has 1 N–H and O–H groups in total. The molecule has 0 radical (unpaired) electrons. The highest BCUT2D eigenvalue weighted by atomic mass is 19.1. The third-order valence-corrected chi connectivity index (χ3v) is 2.23. The maximum absolute atomic E-state index is 12.8. The van der Waals surface area contributed by atoms with Crippen LogP contribution in [0.25, 0.3) is 0 Å². The van der Waals surface area contributed by atoms with Gasteiger partial charge in [-0.15, -0.1) is 0 Å². The molecule has 0 saturated carbocycles. The Morgan fingerprint density at radius 1 is 1.62 bits per heavy atom. The van der Waals surface area contributed by atoms with Gasteiger partial charge < -0.3 is 10.1 Å². The lowest BCUT2D eigenvalue weighted by atomic mass is 10.1. The molecule has 1 atom stereocenters. The number of nitrogens with one attached hydrogen (secondary N) is 1. The number of ether oxygens (including phenoxy) is 1. The first-order valence-corrected chi connectivity index (χ1v) is 4.48. The van der Waals surface area contributed by atoms with Gasteiger partial charge in [0.05, 0.1) is 11.7 Å². The summed E-state index contributed by atoms with van der Waals surface area (Å²) < 4.78 is 18.3. The molecule has 0 aromatic heterocycles. The van der Waals surface area contributed by atoms with Crippen LogP contribution in [-0.4, -0.2) is 12.6 Å². The Kier molecular flexibility index (Phi) is 2.08. The molecule has 0 spiro atoms. The van der Waals surface area contributed by atoms with Crippen molar-refractivity contribution in [3.8, 4) is 5.75 Å². The van der Waals surface area contributed by atoms with Crippen LogP contribution in [0.3, 0.4) is 0 Å². The summed E-state index contributed by atoms with van der Waals surface area (Å²) in [5, 5.41) is 3.22. The summed E-state index contributed by atoms with van der Waals surface area (Å²) in [5.74, 6) is 0.512. The normalized spacial score (nSPS) is 20.0. The van der Waals surface area contributed by atoms with Crippen molar-refractivity contribution in [2.24, 2.45) is 0 Å². The number of halogens is 1. The highest BCUT2D eigenvalue weighted by Crippen LogP contribution is 2.29. The van der Waals surface area contributed by atoms with Crippen molar-refractivity contribution < 1.29 is 9.13 Å². The first-order valence-electron chi connectivity index (χ1n) is 4.48. The van der Waals surface area contributed by atoms with Gasteiger partial charge in [-0.3, -0.25) is 0 Å². The minimum absolute atomic E-state index is 0.230. The van der Waals surface area contributed by atoms with Crippen LogP contribution in [-0.2, 0) is 0 Å². The molecule has 13 heavy (non-hydrogen) atoms. The van der Waals surface area contributed by atoms with Gasteiger partial charge in [-0.05, 0) is 18.6 Å². The number of anilines is 1. The minimum Gasteiger partial charge on any atom is -0.489 e. The molecule has 1 aromatic rings. The number of hydrogen-bond donors (Lipinski definition) is 1. The van der Waals surface area contributed by atoms with E-state index in [1.165, 1.54) is 12.1 Å². The summed E-state index contributed by atoms with van der Waals surface area (Å²) in [7, 11) is 0. The molecule has 1 aromatic carbocycles. The average molecular weight is 181 g/mol. The third-order valence-electron chi connectivity index (χ3n) is 2.23. The molecule has 70 valence electrons. The van der Waals surface area contributed by atoms with Crippen LogP contribution in [0.5, 0.6) is 5.75 Å². The second-order valence-electron chi connectivity index (χ2n) is 3.20. The minimum atomic E-state index is -0.230. The zero-order chi connectivity index (χ0) is 9.26. The second-order valence-corrected chi connectivity index (χ2v) is 3.20. The van der Waals surface area contributed by atoms with Gasteiger partial charge in [0.2, 0.25) is 0 Å². The largest absolute Gasteiger partial charge is 0.489 e. The van der Waals surface area contributed by atoms with Crippen LogP contribution in [0.15, 0.2) is 18.2 Å². The van der Waals surface area contributed by atoms with Crippen LogP contribution >= 0.6 is 0 Å². The SMILES string of the molecule is CCC1COc2ccc(F)cc2N1. The van der Waals surface area contributed by atoms with Gasteiger partial charge in [-0.25, -0.2) is 4.39 Å². The molecule has 0 aliphatic carbocycles. The van der Waals surface area contributed by atoms with Gasteiger partial charge in [0.1, 0.15) is 18.2 Å². The lowest BCUT2D eigenvalue weighted by Gasteiger charge is -2.26. The van der Waals surface area contributed by atoms with E-state index in [0.717, 1.165) is 17.9 Å². The standard InChI is InChI=1S/C10H12FNO/c1-2-8-6-13-10-4-3-7(11)5-9(10)12-8/h3-5,8,12H,2,6H2,1H3. The Bertz CT molecular complexity index is 314. The Morgan fingerprint density at radius 3 is 3.23 bits per heavy atom. The Balaban J connectivity index is 2.27. The summed E-state index contributed by atoms with van der Waals surface area (Å²) >= 11 is 0. The van der Waals surface area contributed by atoms with Gasteiger partial charge in [-0.2, -0.15) is 0 Å². The number of fused-ring (bicyclic) bond motifs is 1. The molecule has 3 heteroatoms. The quantitative estimate of drug-likeness (QED) is 0.718. The van der Waals surface area contributed by atoms with Crippen LogP contribution < -0.4 is 10.1 Å². The van der Waals surface area contributed by atoms with Crippen LogP contribution in [0, 0.1) is 5.82 Å². The molecule has 1 unspecified atom stereocenters. The van der Waals surface area contributed by atoms with Gasteiger partial charge in [0.15, 0.2) is 0 Å². The Morgan fingerprint density at radius 2 is 2.46 bits per heavy atom. The second kappa shape index (κ2) is 3.24. The van der Waals surface area contributed by atoms with E-state index in [4.69, 9.17) is 4.74 Å². The molecule has 0 saturated heterocycles. The molecule has 2 nitrogen and oxygen atoms in total. The zero-order valence-corrected chi connectivity index (χ0v) is 7.51. The van der Waals surface area contributed by atoms with Gasteiger partial charge >= 0.3 is 0 Å². The van der Waals surface area contributed by atoms with E-state index >= 15 is 0 Å². The van der Waals surface area contributed by atoms with Crippen molar-refractivity contribution in [2.45, 2.75) is 19.4 Å². The fourth-order valence-electron chi connectivity index (χ4n) is 1.41. The predicted octanol–water partition coefficient (Wildman–Crippen LogP) is 2.41. The summed E-state index contributed by atoms with van der Waals surface area (Å²) in [4.78, 5) is 0. The van der Waals surface area contributed by atoms with E-state index in [2.05, 4.69) is 12.2 Å². The molecule has 2 rings (SSSR count). The molecular weight excluding hydrogens is 169 g/mol.